The van der Waals surface area contributed by atoms with Gasteiger partial charge in [0.2, 0.25) is 0 Å². The van der Waals surface area contributed by atoms with Crippen molar-refractivity contribution < 1.29 is 9.47 Å². The zero-order valence-electron chi connectivity index (χ0n) is 13.1. The normalized spacial score (nSPS) is 22.1. The number of rotatable bonds is 10. The molecule has 1 heterocycles. The number of hydrogen-bond acceptors (Lipinski definition) is 4. The highest BCUT2D eigenvalue weighted by Crippen LogP contribution is 2.14. The lowest BCUT2D eigenvalue weighted by Gasteiger charge is -2.23. The average Bonchev–Trinajstić information content (AvgIpc) is 2.50. The summed E-state index contributed by atoms with van der Waals surface area (Å²) < 4.78 is 11.3. The van der Waals surface area contributed by atoms with Gasteiger partial charge in [-0.3, -0.25) is 5.32 Å². The third-order valence-corrected chi connectivity index (χ3v) is 3.81. The maximum atomic E-state index is 9.22. The molecule has 0 bridgehead atoms. The van der Waals surface area contributed by atoms with Gasteiger partial charge >= 0.3 is 0 Å². The molecule has 0 spiro atoms. The van der Waals surface area contributed by atoms with E-state index < -0.39 is 0 Å². The molecule has 0 radical (unpaired) electrons. The van der Waals surface area contributed by atoms with Gasteiger partial charge in [-0.25, -0.2) is 0 Å². The Bertz CT molecular complexity index is 285. The van der Waals surface area contributed by atoms with Crippen LogP contribution in [0.2, 0.25) is 0 Å². The number of nitrogens with one attached hydrogen (secondary N) is 1. The first-order valence-electron chi connectivity index (χ1n) is 8.06. The predicted molar refractivity (Wildman–Crippen MR) is 80.6 cm³/mol. The molecule has 0 aliphatic carbocycles. The second kappa shape index (κ2) is 10.1. The molecule has 0 amide bonds. The van der Waals surface area contributed by atoms with Gasteiger partial charge in [-0.15, -0.1) is 0 Å². The summed E-state index contributed by atoms with van der Waals surface area (Å²) in [7, 11) is 0. The van der Waals surface area contributed by atoms with Crippen molar-refractivity contribution in [3.8, 4) is 6.07 Å². The van der Waals surface area contributed by atoms with E-state index in [2.05, 4.69) is 18.3 Å². The summed E-state index contributed by atoms with van der Waals surface area (Å²) in [5.74, 6) is 0. The Morgan fingerprint density at radius 2 is 2.25 bits per heavy atom. The highest BCUT2D eigenvalue weighted by molar-refractivity contribution is 5.03. The van der Waals surface area contributed by atoms with Crippen LogP contribution in [-0.2, 0) is 9.47 Å². The Morgan fingerprint density at radius 3 is 2.90 bits per heavy atom. The minimum absolute atomic E-state index is 0.305. The molecule has 116 valence electrons. The molecule has 1 aliphatic rings. The molecule has 4 nitrogen and oxygen atoms in total. The van der Waals surface area contributed by atoms with E-state index in [0.717, 1.165) is 58.5 Å². The summed E-state index contributed by atoms with van der Waals surface area (Å²) >= 11 is 0. The molecule has 4 heteroatoms. The lowest BCUT2D eigenvalue weighted by Crippen LogP contribution is -2.41. The summed E-state index contributed by atoms with van der Waals surface area (Å²) in [6, 6.07) is 2.38. The van der Waals surface area contributed by atoms with Gasteiger partial charge in [0.1, 0.15) is 5.54 Å². The Balaban J connectivity index is 2.01. The fourth-order valence-corrected chi connectivity index (χ4v) is 2.42. The Labute approximate surface area is 123 Å². The second-order valence-electron chi connectivity index (χ2n) is 5.89. The summed E-state index contributed by atoms with van der Waals surface area (Å²) in [6.07, 6.45) is 7.86. The Hall–Kier alpha value is -0.630. The first-order chi connectivity index (χ1) is 9.70. The molecule has 1 fully saturated rings. The van der Waals surface area contributed by atoms with Gasteiger partial charge in [0, 0.05) is 13.2 Å². The number of hydrogen-bond donors (Lipinski definition) is 1. The van der Waals surface area contributed by atoms with Crippen LogP contribution in [0, 0.1) is 11.3 Å². The summed E-state index contributed by atoms with van der Waals surface area (Å²) in [5, 5.41) is 12.5. The van der Waals surface area contributed by atoms with Crippen LogP contribution in [0.3, 0.4) is 0 Å². The van der Waals surface area contributed by atoms with E-state index in [4.69, 9.17) is 9.47 Å². The largest absolute Gasteiger partial charge is 0.379 e. The smallest absolute Gasteiger partial charge is 0.103 e. The lowest BCUT2D eigenvalue weighted by molar-refractivity contribution is -0.0412. The van der Waals surface area contributed by atoms with Crippen LogP contribution in [0.15, 0.2) is 0 Å². The molecule has 0 aromatic carbocycles. The van der Waals surface area contributed by atoms with Crippen LogP contribution >= 0.6 is 0 Å². The predicted octanol–water partition coefficient (Wildman–Crippen LogP) is 3.02. The van der Waals surface area contributed by atoms with Crippen molar-refractivity contribution in [3.63, 3.8) is 0 Å². The molecule has 1 rings (SSSR count). The van der Waals surface area contributed by atoms with E-state index >= 15 is 0 Å². The molecule has 0 saturated carbocycles. The van der Waals surface area contributed by atoms with Gasteiger partial charge in [0.05, 0.1) is 18.8 Å². The van der Waals surface area contributed by atoms with Crippen molar-refractivity contribution in [2.24, 2.45) is 0 Å². The Kier molecular flexibility index (Phi) is 8.84. The van der Waals surface area contributed by atoms with Crippen LogP contribution in [-0.4, -0.2) is 38.0 Å². The summed E-state index contributed by atoms with van der Waals surface area (Å²) in [4.78, 5) is 0. The molecular formula is C16H30N2O2. The molecule has 0 aromatic rings. The van der Waals surface area contributed by atoms with Gasteiger partial charge in [-0.1, -0.05) is 6.92 Å². The van der Waals surface area contributed by atoms with Crippen LogP contribution in [0.25, 0.3) is 0 Å². The fourth-order valence-electron chi connectivity index (χ4n) is 2.42. The maximum Gasteiger partial charge on any atom is 0.103 e. The monoisotopic (exact) mass is 282 g/mol. The van der Waals surface area contributed by atoms with E-state index in [1.165, 1.54) is 12.8 Å². The first kappa shape index (κ1) is 17.4. The van der Waals surface area contributed by atoms with Crippen molar-refractivity contribution in [2.75, 3.05) is 26.4 Å². The third-order valence-electron chi connectivity index (χ3n) is 3.81. The zero-order chi connectivity index (χ0) is 14.7. The average molecular weight is 282 g/mol. The molecule has 1 saturated heterocycles. The topological polar surface area (TPSA) is 54.3 Å². The van der Waals surface area contributed by atoms with Gasteiger partial charge in [0.25, 0.3) is 0 Å². The molecule has 2 atom stereocenters. The molecule has 0 aromatic heterocycles. The summed E-state index contributed by atoms with van der Waals surface area (Å²) in [5.41, 5.74) is -0.386. The van der Waals surface area contributed by atoms with E-state index in [1.807, 2.05) is 6.92 Å². The third kappa shape index (κ3) is 7.23. The van der Waals surface area contributed by atoms with E-state index in [1.54, 1.807) is 0 Å². The van der Waals surface area contributed by atoms with Gasteiger partial charge in [-0.05, 0) is 58.4 Å². The minimum Gasteiger partial charge on any atom is -0.379 e. The van der Waals surface area contributed by atoms with Crippen molar-refractivity contribution in [1.82, 2.24) is 5.32 Å². The van der Waals surface area contributed by atoms with E-state index in [9.17, 15) is 5.26 Å². The van der Waals surface area contributed by atoms with Gasteiger partial charge < -0.3 is 9.47 Å². The molecule has 1 N–H and O–H groups in total. The van der Waals surface area contributed by atoms with Crippen molar-refractivity contribution in [1.29, 1.82) is 5.26 Å². The fraction of sp³-hybridized carbons (Fsp3) is 0.938. The number of nitriles is 1. The standard InChI is InChI=1S/C16H30N2O2/c1-3-10-18-16(2,14-17)9-5-7-11-19-13-15-8-4-6-12-20-15/h15,18H,3-13H2,1-2H3. The summed E-state index contributed by atoms with van der Waals surface area (Å²) in [6.45, 7) is 7.39. The zero-order valence-corrected chi connectivity index (χ0v) is 13.1. The van der Waals surface area contributed by atoms with Gasteiger partial charge in [0.15, 0.2) is 0 Å². The van der Waals surface area contributed by atoms with E-state index in [0.29, 0.717) is 6.10 Å². The number of nitrogens with zero attached hydrogens (tertiary/aromatic N) is 1. The van der Waals surface area contributed by atoms with Crippen molar-refractivity contribution in [2.45, 2.75) is 70.4 Å². The SMILES string of the molecule is CCCNC(C)(C#N)CCCCOCC1CCCCO1. The lowest BCUT2D eigenvalue weighted by atomic mass is 9.96. The van der Waals surface area contributed by atoms with Crippen molar-refractivity contribution in [3.05, 3.63) is 0 Å². The molecular weight excluding hydrogens is 252 g/mol. The molecule has 1 aliphatic heterocycles. The van der Waals surface area contributed by atoms with Crippen LogP contribution in [0.5, 0.6) is 0 Å². The minimum atomic E-state index is -0.386. The molecule has 20 heavy (non-hydrogen) atoms. The number of ether oxygens (including phenoxy) is 2. The van der Waals surface area contributed by atoms with Crippen LogP contribution in [0.1, 0.15) is 58.8 Å². The first-order valence-corrected chi connectivity index (χ1v) is 8.06. The number of unbranched alkanes of at least 4 members (excludes halogenated alkanes) is 1. The van der Waals surface area contributed by atoms with Crippen molar-refractivity contribution >= 4 is 0 Å². The van der Waals surface area contributed by atoms with E-state index in [-0.39, 0.29) is 5.54 Å². The van der Waals surface area contributed by atoms with Crippen LogP contribution in [0.4, 0.5) is 0 Å². The second-order valence-corrected chi connectivity index (χ2v) is 5.89. The Morgan fingerprint density at radius 1 is 1.40 bits per heavy atom. The quantitative estimate of drug-likeness (QED) is 0.626. The van der Waals surface area contributed by atoms with Crippen LogP contribution < -0.4 is 5.32 Å². The highest BCUT2D eigenvalue weighted by Gasteiger charge is 2.21. The maximum absolute atomic E-state index is 9.22. The molecule has 2 unspecified atom stereocenters. The van der Waals surface area contributed by atoms with Gasteiger partial charge in [-0.2, -0.15) is 5.26 Å². The highest BCUT2D eigenvalue weighted by atomic mass is 16.5.